The third-order valence-corrected chi connectivity index (χ3v) is 5.46. The van der Waals surface area contributed by atoms with Gasteiger partial charge < -0.3 is 38.3 Å². The summed E-state index contributed by atoms with van der Waals surface area (Å²) in [5.41, 5.74) is 16.1. The van der Waals surface area contributed by atoms with Gasteiger partial charge in [0.25, 0.3) is 0 Å². The van der Waals surface area contributed by atoms with Gasteiger partial charge in [0.2, 0.25) is 17.7 Å². The molecule has 14 heteroatoms. The smallest absolute Gasteiger partial charge is 0.326 e. The highest BCUT2D eigenvalue weighted by atomic mass is 32.1. The Morgan fingerprint density at radius 1 is 0.969 bits per heavy atom. The highest BCUT2D eigenvalue weighted by Gasteiger charge is 2.32. The number of carboxylic acid groups (broad SMARTS) is 1. The second-order valence-electron chi connectivity index (χ2n) is 7.25. The van der Waals surface area contributed by atoms with Gasteiger partial charge in [0.15, 0.2) is 5.96 Å². The van der Waals surface area contributed by atoms with Crippen molar-refractivity contribution >= 4 is 54.9 Å². The Bertz CT molecular complexity index is 676. The summed E-state index contributed by atoms with van der Waals surface area (Å²) in [6.45, 7) is 3.78. The van der Waals surface area contributed by atoms with E-state index in [0.717, 1.165) is 0 Å². The molecule has 0 bridgehead atoms. The van der Waals surface area contributed by atoms with E-state index in [1.165, 1.54) is 0 Å². The summed E-state index contributed by atoms with van der Waals surface area (Å²) < 4.78 is 0. The molecule has 0 saturated heterocycles. The van der Waals surface area contributed by atoms with E-state index in [1.807, 2.05) is 6.92 Å². The van der Waals surface area contributed by atoms with Gasteiger partial charge in [-0.3, -0.25) is 19.4 Å². The van der Waals surface area contributed by atoms with Crippen molar-refractivity contribution in [3.8, 4) is 0 Å². The summed E-state index contributed by atoms with van der Waals surface area (Å²) in [5.74, 6) is -3.46. The lowest BCUT2D eigenvalue weighted by molar-refractivity contribution is -0.142. The van der Waals surface area contributed by atoms with Gasteiger partial charge in [-0.15, -0.1) is 0 Å². The minimum atomic E-state index is -1.22. The maximum atomic E-state index is 12.8. The molecule has 0 aliphatic carbocycles. The molecule has 0 rings (SSSR count). The van der Waals surface area contributed by atoms with Crippen LogP contribution in [0.25, 0.3) is 0 Å². The minimum Gasteiger partial charge on any atom is -0.480 e. The highest BCUT2D eigenvalue weighted by Crippen LogP contribution is 2.10. The lowest BCUT2D eigenvalue weighted by atomic mass is 9.97. The van der Waals surface area contributed by atoms with Crippen molar-refractivity contribution in [1.29, 1.82) is 0 Å². The van der Waals surface area contributed by atoms with E-state index < -0.39 is 47.9 Å². The molecular weight excluding hydrogens is 458 g/mol. The third-order valence-electron chi connectivity index (χ3n) is 4.70. The number of nitrogens with two attached hydrogens (primary N) is 3. The fraction of sp³-hybridized carbons (Fsp3) is 0.722. The lowest BCUT2D eigenvalue weighted by Gasteiger charge is -2.27. The molecule has 32 heavy (non-hydrogen) atoms. The van der Waals surface area contributed by atoms with Crippen molar-refractivity contribution in [2.75, 3.05) is 18.1 Å². The van der Waals surface area contributed by atoms with Crippen molar-refractivity contribution in [2.24, 2.45) is 28.1 Å². The fourth-order valence-corrected chi connectivity index (χ4v) is 2.96. The summed E-state index contributed by atoms with van der Waals surface area (Å²) in [7, 11) is 0. The van der Waals surface area contributed by atoms with E-state index in [1.54, 1.807) is 6.92 Å². The Morgan fingerprint density at radius 3 is 2.03 bits per heavy atom. The number of carbonyl (C=O) groups is 4. The van der Waals surface area contributed by atoms with Gasteiger partial charge in [-0.2, -0.15) is 25.3 Å². The van der Waals surface area contributed by atoms with E-state index in [-0.39, 0.29) is 36.3 Å². The first-order valence-corrected chi connectivity index (χ1v) is 11.4. The van der Waals surface area contributed by atoms with Crippen LogP contribution in [0.2, 0.25) is 0 Å². The molecule has 0 heterocycles. The van der Waals surface area contributed by atoms with Crippen LogP contribution in [0.4, 0.5) is 0 Å². The Hall–Kier alpha value is -2.19. The molecule has 0 aromatic rings. The van der Waals surface area contributed by atoms with Crippen LogP contribution in [-0.4, -0.2) is 77.0 Å². The van der Waals surface area contributed by atoms with Crippen LogP contribution in [0.3, 0.4) is 0 Å². The normalized spacial score (nSPS) is 15.4. The first-order chi connectivity index (χ1) is 15.0. The number of hydrogen-bond acceptors (Lipinski definition) is 8. The Labute approximate surface area is 198 Å². The number of aliphatic carboxylic acids is 1. The molecule has 0 radical (unpaired) electrons. The van der Waals surface area contributed by atoms with Gasteiger partial charge in [0, 0.05) is 18.1 Å². The largest absolute Gasteiger partial charge is 0.480 e. The van der Waals surface area contributed by atoms with Gasteiger partial charge in [0.1, 0.15) is 18.1 Å². The fourth-order valence-electron chi connectivity index (χ4n) is 2.53. The van der Waals surface area contributed by atoms with Crippen molar-refractivity contribution in [3.63, 3.8) is 0 Å². The number of nitrogens with one attached hydrogen (secondary N) is 3. The summed E-state index contributed by atoms with van der Waals surface area (Å²) in [4.78, 5) is 52.8. The molecule has 184 valence electrons. The monoisotopic (exact) mass is 493 g/mol. The first-order valence-electron chi connectivity index (χ1n) is 10.1. The Kier molecular flexibility index (Phi) is 14.5. The molecule has 5 unspecified atom stereocenters. The number of amides is 3. The summed E-state index contributed by atoms with van der Waals surface area (Å²) >= 11 is 8.02. The summed E-state index contributed by atoms with van der Waals surface area (Å²) in [6.07, 6.45) is 0.952. The zero-order valence-corrected chi connectivity index (χ0v) is 20.1. The second-order valence-corrected chi connectivity index (χ2v) is 7.98. The van der Waals surface area contributed by atoms with Gasteiger partial charge in [-0.1, -0.05) is 20.3 Å². The SMILES string of the molecule is CCC(C)C(NC(=O)C(CS)NC(=O)C(N)CS)C(=O)NC(CCCN=C(N)N)C(=O)O. The van der Waals surface area contributed by atoms with Crippen molar-refractivity contribution in [3.05, 3.63) is 0 Å². The topological polar surface area (TPSA) is 215 Å². The minimum absolute atomic E-state index is 0.0335. The Balaban J connectivity index is 5.26. The van der Waals surface area contributed by atoms with Gasteiger partial charge in [0.05, 0.1) is 6.04 Å². The molecule has 12 nitrogen and oxygen atoms in total. The van der Waals surface area contributed by atoms with E-state index in [0.29, 0.717) is 12.8 Å². The van der Waals surface area contributed by atoms with E-state index in [9.17, 15) is 24.3 Å². The van der Waals surface area contributed by atoms with E-state index in [2.05, 4.69) is 46.2 Å². The first kappa shape index (κ1) is 29.8. The lowest BCUT2D eigenvalue weighted by Crippen LogP contribution is -2.59. The molecule has 10 N–H and O–H groups in total. The number of nitrogens with zero attached hydrogens (tertiary/aromatic N) is 1. The Morgan fingerprint density at radius 2 is 1.56 bits per heavy atom. The standard InChI is InChI=1S/C18H35N7O5S2/c1-3-9(2)13(25-15(27)12(8-32)24-14(26)10(19)7-31)16(28)23-11(17(29)30)5-4-6-22-18(20)21/h9-13,31-32H,3-8,19H2,1-2H3,(H,23,28)(H,24,26)(H,25,27)(H,29,30)(H4,20,21,22). The van der Waals surface area contributed by atoms with E-state index >= 15 is 0 Å². The zero-order valence-electron chi connectivity index (χ0n) is 18.3. The second kappa shape index (κ2) is 15.6. The molecular formula is C18H35N7O5S2. The molecule has 0 spiro atoms. The average Bonchev–Trinajstić information content (AvgIpc) is 2.75. The van der Waals surface area contributed by atoms with Crippen molar-refractivity contribution in [2.45, 2.75) is 57.3 Å². The summed E-state index contributed by atoms with van der Waals surface area (Å²) in [6, 6.07) is -4.15. The van der Waals surface area contributed by atoms with Gasteiger partial charge in [-0.05, 0) is 18.8 Å². The number of carboxylic acids is 1. The highest BCUT2D eigenvalue weighted by molar-refractivity contribution is 7.80. The zero-order chi connectivity index (χ0) is 24.8. The van der Waals surface area contributed by atoms with Crippen LogP contribution >= 0.6 is 25.3 Å². The molecule has 5 atom stereocenters. The number of rotatable bonds is 15. The maximum absolute atomic E-state index is 12.8. The number of guanidine groups is 1. The molecule has 0 fully saturated rings. The maximum Gasteiger partial charge on any atom is 0.326 e. The molecule has 0 saturated carbocycles. The van der Waals surface area contributed by atoms with Crippen LogP contribution in [0.15, 0.2) is 4.99 Å². The van der Waals surface area contributed by atoms with E-state index in [4.69, 9.17) is 17.2 Å². The predicted molar refractivity (Wildman–Crippen MR) is 128 cm³/mol. The molecule has 3 amide bonds. The quantitative estimate of drug-likeness (QED) is 0.0527. The van der Waals surface area contributed by atoms with Crippen LogP contribution in [-0.2, 0) is 19.2 Å². The molecule has 0 aromatic heterocycles. The average molecular weight is 494 g/mol. The van der Waals surface area contributed by atoms with Crippen LogP contribution in [0.5, 0.6) is 0 Å². The number of thiol groups is 2. The van der Waals surface area contributed by atoms with Crippen LogP contribution < -0.4 is 33.2 Å². The number of aliphatic imine (C=N–C) groups is 1. The van der Waals surface area contributed by atoms with Crippen LogP contribution in [0.1, 0.15) is 33.1 Å². The number of hydrogen-bond donors (Lipinski definition) is 9. The third kappa shape index (κ3) is 10.9. The molecule has 0 aliphatic rings. The van der Waals surface area contributed by atoms with Gasteiger partial charge >= 0.3 is 5.97 Å². The summed E-state index contributed by atoms with van der Waals surface area (Å²) in [5, 5.41) is 16.9. The predicted octanol–water partition coefficient (Wildman–Crippen LogP) is -2.19. The van der Waals surface area contributed by atoms with Crippen molar-refractivity contribution in [1.82, 2.24) is 16.0 Å². The molecule has 0 aromatic carbocycles. The number of carbonyl (C=O) groups excluding carboxylic acids is 3. The van der Waals surface area contributed by atoms with Crippen molar-refractivity contribution < 1.29 is 24.3 Å². The molecule has 0 aliphatic heterocycles. The van der Waals surface area contributed by atoms with Gasteiger partial charge in [-0.25, -0.2) is 4.79 Å². The van der Waals surface area contributed by atoms with Crippen LogP contribution in [0, 0.1) is 5.92 Å².